The first-order valence-corrected chi connectivity index (χ1v) is 30.6. The highest BCUT2D eigenvalue weighted by molar-refractivity contribution is 5.69. The number of hydrogen-bond donors (Lipinski definition) is 1. The minimum atomic E-state index is -0.575. The van der Waals surface area contributed by atoms with E-state index in [0.29, 0.717) is 0 Å². The summed E-state index contributed by atoms with van der Waals surface area (Å²) >= 11 is 0. The predicted octanol–water partition coefficient (Wildman–Crippen LogP) is 18.5. The van der Waals surface area contributed by atoms with Crippen molar-refractivity contribution in [2.75, 3.05) is 26.2 Å². The van der Waals surface area contributed by atoms with E-state index in [2.05, 4.69) is 27.7 Å². The van der Waals surface area contributed by atoms with E-state index in [-0.39, 0.29) is 18.3 Å². The zero-order valence-corrected chi connectivity index (χ0v) is 46.4. The second kappa shape index (κ2) is 56.3. The number of hydrogen-bond acceptors (Lipinski definition) is 1. The van der Waals surface area contributed by atoms with Crippen molar-refractivity contribution in [3.05, 3.63) is 0 Å². The quantitative estimate of drug-likeness (QED) is 0.0487. The van der Waals surface area contributed by atoms with E-state index >= 15 is 0 Å². The lowest BCUT2D eigenvalue weighted by molar-refractivity contribution is -0.929. The smallest absolute Gasteiger partial charge is 0.306 e. The summed E-state index contributed by atoms with van der Waals surface area (Å²) in [4.78, 5) is 12.0. The Morgan fingerprint density at radius 2 is 0.462 bits per heavy atom. The molecule has 0 radical (unpaired) electrons. The Labute approximate surface area is 418 Å². The zero-order valence-electron chi connectivity index (χ0n) is 45.6. The van der Waals surface area contributed by atoms with Gasteiger partial charge in [-0.05, 0) is 57.8 Å². The zero-order chi connectivity index (χ0) is 46.5. The molecule has 0 aromatic heterocycles. The number of rotatable bonds is 57. The highest BCUT2D eigenvalue weighted by atomic mass is 35.5. The van der Waals surface area contributed by atoms with Crippen LogP contribution in [-0.4, -0.2) is 41.7 Å². The first kappa shape index (κ1) is 66.8. The van der Waals surface area contributed by atoms with E-state index in [1.54, 1.807) is 0 Å². The molecule has 1 atom stereocenters. The van der Waals surface area contributed by atoms with Crippen LogP contribution in [0, 0.1) is 5.92 Å². The van der Waals surface area contributed by atoms with Crippen LogP contribution in [0.5, 0.6) is 0 Å². The fourth-order valence-corrected chi connectivity index (χ4v) is 10.8. The molecule has 3 nitrogen and oxygen atoms in total. The molecule has 65 heavy (non-hydrogen) atoms. The molecule has 0 aliphatic carbocycles. The van der Waals surface area contributed by atoms with Crippen molar-refractivity contribution in [2.24, 2.45) is 5.92 Å². The number of carbonyl (C=O) groups is 1. The summed E-state index contributed by atoms with van der Waals surface area (Å²) in [5, 5.41) is 9.88. The third kappa shape index (κ3) is 49.9. The molecule has 4 heteroatoms. The van der Waals surface area contributed by atoms with Gasteiger partial charge in [0.25, 0.3) is 0 Å². The molecule has 0 fully saturated rings. The molecule has 0 amide bonds. The average molecular weight is 939 g/mol. The van der Waals surface area contributed by atoms with E-state index in [1.807, 2.05) is 0 Å². The van der Waals surface area contributed by atoms with Gasteiger partial charge < -0.3 is 22.0 Å². The number of aliphatic carboxylic acids is 1. The van der Waals surface area contributed by atoms with Gasteiger partial charge in [0.15, 0.2) is 0 Å². The van der Waals surface area contributed by atoms with Crippen LogP contribution in [0.15, 0.2) is 0 Å². The molecular formula is C61H124ClNO2. The fraction of sp³-hybridized carbons (Fsp3) is 0.984. The minimum Gasteiger partial charge on any atom is -1.00 e. The summed E-state index contributed by atoms with van der Waals surface area (Å²) in [5.74, 6) is -0.738. The minimum absolute atomic E-state index is 0. The Morgan fingerprint density at radius 1 is 0.292 bits per heavy atom. The van der Waals surface area contributed by atoms with Gasteiger partial charge in [-0.3, -0.25) is 4.79 Å². The van der Waals surface area contributed by atoms with Gasteiger partial charge in [-0.15, -0.1) is 0 Å². The van der Waals surface area contributed by atoms with Gasteiger partial charge in [-0.1, -0.05) is 297 Å². The molecule has 392 valence electrons. The Kier molecular flexibility index (Phi) is 57.9. The lowest BCUT2D eigenvalue weighted by atomic mass is 9.99. The number of quaternary nitrogens is 1. The summed E-state index contributed by atoms with van der Waals surface area (Å²) in [6.45, 7) is 14.2. The van der Waals surface area contributed by atoms with E-state index in [1.165, 1.54) is 339 Å². The molecule has 0 spiro atoms. The van der Waals surface area contributed by atoms with Crippen LogP contribution in [0.25, 0.3) is 0 Å². The van der Waals surface area contributed by atoms with Crippen LogP contribution in [0.3, 0.4) is 0 Å². The van der Waals surface area contributed by atoms with Crippen molar-refractivity contribution in [2.45, 2.75) is 355 Å². The van der Waals surface area contributed by atoms with Crippen molar-refractivity contribution < 1.29 is 26.8 Å². The molecule has 0 aromatic carbocycles. The summed E-state index contributed by atoms with van der Waals surface area (Å²) in [6.07, 6.45) is 71.4. The van der Waals surface area contributed by atoms with Crippen molar-refractivity contribution >= 4 is 5.97 Å². The highest BCUT2D eigenvalue weighted by Gasteiger charge is 2.27. The molecule has 0 bridgehead atoms. The number of unbranched alkanes of at least 4 members (excludes halogenated alkanes) is 45. The fourth-order valence-electron chi connectivity index (χ4n) is 10.8. The van der Waals surface area contributed by atoms with E-state index in [0.717, 1.165) is 19.3 Å². The lowest BCUT2D eigenvalue weighted by Gasteiger charge is -2.40. The first-order chi connectivity index (χ1) is 31.5. The van der Waals surface area contributed by atoms with Crippen LogP contribution in [0.4, 0.5) is 0 Å². The van der Waals surface area contributed by atoms with Gasteiger partial charge in [0, 0.05) is 0 Å². The van der Waals surface area contributed by atoms with Gasteiger partial charge in [-0.2, -0.15) is 0 Å². The SMILES string of the molecule is CCCCCCCCCCCCCCCCCC[N+](CCCCCCCCCCCCCCCCCC)(CCCCCCCCCCCCCCCCCC)CCCC(CC)C(=O)O.[Cl-]. The van der Waals surface area contributed by atoms with Crippen LogP contribution in [-0.2, 0) is 4.79 Å². The van der Waals surface area contributed by atoms with Gasteiger partial charge in [-0.25, -0.2) is 0 Å². The maximum Gasteiger partial charge on any atom is 0.306 e. The van der Waals surface area contributed by atoms with Crippen molar-refractivity contribution in [3.63, 3.8) is 0 Å². The van der Waals surface area contributed by atoms with Crippen LogP contribution in [0.1, 0.15) is 355 Å². The monoisotopic (exact) mass is 938 g/mol. The van der Waals surface area contributed by atoms with E-state index in [4.69, 9.17) is 0 Å². The number of halogens is 1. The van der Waals surface area contributed by atoms with Crippen LogP contribution >= 0.6 is 0 Å². The van der Waals surface area contributed by atoms with E-state index < -0.39 is 5.97 Å². The number of nitrogens with zero attached hydrogens (tertiary/aromatic N) is 1. The standard InChI is InChI=1S/C61H123NO2.ClH/c1-5-9-12-15-18-21-24-27-30-33-36-39-42-45-48-51-56-62(59-54-55-60(8-4)61(63)64,57-52-49-46-43-40-37-34-31-28-25-22-19-16-13-10-6-2)58-53-50-47-44-41-38-35-32-29-26-23-20-17-14-11-7-3;/h60H,5-59H2,1-4H3;1H. The highest BCUT2D eigenvalue weighted by Crippen LogP contribution is 2.23. The molecule has 1 unspecified atom stereocenters. The molecule has 0 heterocycles. The third-order valence-electron chi connectivity index (χ3n) is 15.5. The van der Waals surface area contributed by atoms with Gasteiger partial charge in [0.1, 0.15) is 0 Å². The Bertz CT molecular complexity index is 791. The van der Waals surface area contributed by atoms with E-state index in [9.17, 15) is 9.90 Å². The third-order valence-corrected chi connectivity index (χ3v) is 15.5. The van der Waals surface area contributed by atoms with Crippen LogP contribution < -0.4 is 12.4 Å². The summed E-state index contributed by atoms with van der Waals surface area (Å²) < 4.78 is 1.28. The Balaban J connectivity index is 0. The topological polar surface area (TPSA) is 37.3 Å². The second-order valence-electron chi connectivity index (χ2n) is 21.7. The molecular weight excluding hydrogens is 814 g/mol. The van der Waals surface area contributed by atoms with Crippen molar-refractivity contribution in [3.8, 4) is 0 Å². The second-order valence-corrected chi connectivity index (χ2v) is 21.7. The summed E-state index contributed by atoms with van der Waals surface area (Å²) in [7, 11) is 0. The predicted molar refractivity (Wildman–Crippen MR) is 289 cm³/mol. The molecule has 0 rings (SSSR count). The summed E-state index contributed by atoms with van der Waals surface area (Å²) in [5.41, 5.74) is 0. The molecule has 0 aliphatic rings. The molecule has 0 aromatic rings. The average Bonchev–Trinajstić information content (AvgIpc) is 3.29. The maximum absolute atomic E-state index is 12.0. The number of carboxylic acids is 1. The Morgan fingerprint density at radius 3 is 0.631 bits per heavy atom. The summed E-state index contributed by atoms with van der Waals surface area (Å²) in [6, 6.07) is 0. The maximum atomic E-state index is 12.0. The van der Waals surface area contributed by atoms with Crippen molar-refractivity contribution in [1.29, 1.82) is 0 Å². The molecule has 1 N–H and O–H groups in total. The van der Waals surface area contributed by atoms with Gasteiger partial charge in [0.05, 0.1) is 32.1 Å². The Hall–Kier alpha value is -0.280. The van der Waals surface area contributed by atoms with Gasteiger partial charge in [0.2, 0.25) is 0 Å². The lowest BCUT2D eigenvalue weighted by Crippen LogP contribution is -3.00. The van der Waals surface area contributed by atoms with Crippen molar-refractivity contribution in [1.82, 2.24) is 0 Å². The first-order valence-electron chi connectivity index (χ1n) is 30.6. The number of carboxylic acid groups (broad SMARTS) is 1. The molecule has 0 saturated heterocycles. The molecule has 0 saturated carbocycles. The van der Waals surface area contributed by atoms with Gasteiger partial charge >= 0.3 is 5.97 Å². The molecule has 0 aliphatic heterocycles. The van der Waals surface area contributed by atoms with Crippen LogP contribution in [0.2, 0.25) is 0 Å². The largest absolute Gasteiger partial charge is 1.00 e. The normalized spacial score (nSPS) is 12.2.